The standard InChI is InChI=1S/C13H10BrFN2O2/c14-11-7-16-8-17(13(11)19)6-5-12(18)9-1-3-10(15)4-2-9/h1-4,7-8H,5-6H2. The van der Waals surface area contributed by atoms with Crippen LogP contribution in [0.1, 0.15) is 16.8 Å². The molecule has 1 aromatic heterocycles. The summed E-state index contributed by atoms with van der Waals surface area (Å²) in [5.74, 6) is -0.532. The zero-order valence-electron chi connectivity index (χ0n) is 9.85. The second-order valence-electron chi connectivity index (χ2n) is 3.92. The SMILES string of the molecule is O=C(CCn1cncc(Br)c1=O)c1ccc(F)cc1. The molecule has 0 spiro atoms. The van der Waals surface area contributed by atoms with Crippen molar-refractivity contribution in [2.45, 2.75) is 13.0 Å². The number of Topliss-reactive ketones (excluding diaryl/α,β-unsaturated/α-hetero) is 1. The molecule has 0 saturated heterocycles. The van der Waals surface area contributed by atoms with Gasteiger partial charge < -0.3 is 0 Å². The summed E-state index contributed by atoms with van der Waals surface area (Å²) in [5.41, 5.74) is 0.194. The van der Waals surface area contributed by atoms with Gasteiger partial charge in [-0.2, -0.15) is 0 Å². The van der Waals surface area contributed by atoms with Crippen molar-refractivity contribution in [3.05, 3.63) is 63.0 Å². The highest BCUT2D eigenvalue weighted by molar-refractivity contribution is 9.10. The van der Waals surface area contributed by atoms with Gasteiger partial charge in [-0.25, -0.2) is 9.37 Å². The lowest BCUT2D eigenvalue weighted by atomic mass is 10.1. The number of benzene rings is 1. The third kappa shape index (κ3) is 3.35. The Morgan fingerprint density at radius 2 is 2.00 bits per heavy atom. The molecule has 0 N–H and O–H groups in total. The van der Waals surface area contributed by atoms with E-state index in [1.165, 1.54) is 41.4 Å². The lowest BCUT2D eigenvalue weighted by Crippen LogP contribution is -2.22. The van der Waals surface area contributed by atoms with E-state index in [1.807, 2.05) is 0 Å². The van der Waals surface area contributed by atoms with Gasteiger partial charge in [-0.05, 0) is 40.2 Å². The van der Waals surface area contributed by atoms with E-state index in [0.29, 0.717) is 10.0 Å². The van der Waals surface area contributed by atoms with Gasteiger partial charge in [0.2, 0.25) is 0 Å². The molecule has 0 aliphatic heterocycles. The molecular weight excluding hydrogens is 315 g/mol. The fourth-order valence-corrected chi connectivity index (χ4v) is 1.93. The molecule has 1 heterocycles. The van der Waals surface area contributed by atoms with Crippen molar-refractivity contribution in [3.63, 3.8) is 0 Å². The molecule has 98 valence electrons. The number of carbonyl (C=O) groups excluding carboxylic acids is 1. The highest BCUT2D eigenvalue weighted by atomic mass is 79.9. The molecule has 1 aromatic carbocycles. The van der Waals surface area contributed by atoms with E-state index in [2.05, 4.69) is 20.9 Å². The smallest absolute Gasteiger partial charge is 0.267 e. The number of hydrogen-bond donors (Lipinski definition) is 0. The summed E-state index contributed by atoms with van der Waals surface area (Å²) < 4.78 is 14.4. The number of aryl methyl sites for hydroxylation is 1. The van der Waals surface area contributed by atoms with Crippen LogP contribution in [0.5, 0.6) is 0 Å². The zero-order chi connectivity index (χ0) is 13.8. The van der Waals surface area contributed by atoms with E-state index in [-0.39, 0.29) is 30.1 Å². The molecule has 0 amide bonds. The van der Waals surface area contributed by atoms with Gasteiger partial charge in [-0.1, -0.05) is 0 Å². The molecule has 2 aromatic rings. The fraction of sp³-hybridized carbons (Fsp3) is 0.154. The Labute approximate surface area is 117 Å². The van der Waals surface area contributed by atoms with Crippen LogP contribution in [0, 0.1) is 5.82 Å². The summed E-state index contributed by atoms with van der Waals surface area (Å²) in [6.07, 6.45) is 2.94. The number of rotatable bonds is 4. The monoisotopic (exact) mass is 324 g/mol. The summed E-state index contributed by atoms with van der Waals surface area (Å²) in [5, 5.41) is 0. The number of carbonyl (C=O) groups is 1. The number of aromatic nitrogens is 2. The van der Waals surface area contributed by atoms with Crippen LogP contribution in [0.4, 0.5) is 4.39 Å². The van der Waals surface area contributed by atoms with Crippen LogP contribution in [-0.4, -0.2) is 15.3 Å². The largest absolute Gasteiger partial charge is 0.298 e. The number of ketones is 1. The normalized spacial score (nSPS) is 10.4. The molecule has 0 fully saturated rings. The highest BCUT2D eigenvalue weighted by Crippen LogP contribution is 2.07. The van der Waals surface area contributed by atoms with Crippen molar-refractivity contribution in [2.24, 2.45) is 0 Å². The molecule has 0 aliphatic carbocycles. The Hall–Kier alpha value is -1.82. The second-order valence-corrected chi connectivity index (χ2v) is 4.77. The molecule has 0 aliphatic rings. The maximum atomic E-state index is 12.7. The van der Waals surface area contributed by atoms with Gasteiger partial charge in [-0.3, -0.25) is 14.2 Å². The fourth-order valence-electron chi connectivity index (χ4n) is 1.59. The average molecular weight is 325 g/mol. The van der Waals surface area contributed by atoms with Crippen molar-refractivity contribution in [1.82, 2.24) is 9.55 Å². The van der Waals surface area contributed by atoms with Crippen molar-refractivity contribution >= 4 is 21.7 Å². The third-order valence-corrected chi connectivity index (χ3v) is 3.15. The van der Waals surface area contributed by atoms with Gasteiger partial charge in [0.1, 0.15) is 10.3 Å². The summed E-state index contributed by atoms with van der Waals surface area (Å²) >= 11 is 3.08. The molecule has 19 heavy (non-hydrogen) atoms. The first-order chi connectivity index (χ1) is 9.08. The van der Waals surface area contributed by atoms with E-state index in [0.717, 1.165) is 0 Å². The molecule has 0 bridgehead atoms. The Bertz CT molecular complexity index is 652. The minimum atomic E-state index is -0.385. The molecular formula is C13H10BrFN2O2. The Kier molecular flexibility index (Phi) is 4.21. The van der Waals surface area contributed by atoms with Crippen LogP contribution in [-0.2, 0) is 6.54 Å². The average Bonchev–Trinajstić information content (AvgIpc) is 2.41. The summed E-state index contributed by atoms with van der Waals surface area (Å²) in [7, 11) is 0. The molecule has 0 saturated carbocycles. The molecule has 0 radical (unpaired) electrons. The van der Waals surface area contributed by atoms with Gasteiger partial charge >= 0.3 is 0 Å². The molecule has 4 nitrogen and oxygen atoms in total. The zero-order valence-corrected chi connectivity index (χ0v) is 11.4. The van der Waals surface area contributed by atoms with E-state index >= 15 is 0 Å². The Morgan fingerprint density at radius 3 is 2.68 bits per heavy atom. The van der Waals surface area contributed by atoms with Gasteiger partial charge in [0.15, 0.2) is 5.78 Å². The number of nitrogens with zero attached hydrogens (tertiary/aromatic N) is 2. The van der Waals surface area contributed by atoms with Crippen LogP contribution in [0.3, 0.4) is 0 Å². The minimum absolute atomic E-state index is 0.146. The van der Waals surface area contributed by atoms with Crippen LogP contribution in [0.15, 0.2) is 46.1 Å². The predicted octanol–water partition coefficient (Wildman–Crippen LogP) is 2.42. The predicted molar refractivity (Wildman–Crippen MR) is 71.5 cm³/mol. The van der Waals surface area contributed by atoms with Crippen LogP contribution < -0.4 is 5.56 Å². The van der Waals surface area contributed by atoms with Crippen molar-refractivity contribution in [3.8, 4) is 0 Å². The van der Waals surface area contributed by atoms with E-state index in [1.54, 1.807) is 0 Å². The van der Waals surface area contributed by atoms with E-state index in [9.17, 15) is 14.0 Å². The third-order valence-electron chi connectivity index (χ3n) is 2.61. The first-order valence-corrected chi connectivity index (χ1v) is 6.36. The summed E-state index contributed by atoms with van der Waals surface area (Å²) in [4.78, 5) is 27.4. The molecule has 0 atom stereocenters. The van der Waals surface area contributed by atoms with E-state index in [4.69, 9.17) is 0 Å². The van der Waals surface area contributed by atoms with E-state index < -0.39 is 0 Å². The van der Waals surface area contributed by atoms with Gasteiger partial charge in [0.25, 0.3) is 5.56 Å². The van der Waals surface area contributed by atoms with Crippen molar-refractivity contribution < 1.29 is 9.18 Å². The Balaban J connectivity index is 2.06. The second kappa shape index (κ2) is 5.88. The summed E-state index contributed by atoms with van der Waals surface area (Å²) in [6.45, 7) is 0.238. The minimum Gasteiger partial charge on any atom is -0.298 e. The Morgan fingerprint density at radius 1 is 1.32 bits per heavy atom. The van der Waals surface area contributed by atoms with Crippen molar-refractivity contribution in [1.29, 1.82) is 0 Å². The van der Waals surface area contributed by atoms with Gasteiger partial charge in [0.05, 0.1) is 6.33 Å². The number of halogens is 2. The maximum Gasteiger partial charge on any atom is 0.267 e. The van der Waals surface area contributed by atoms with Crippen LogP contribution >= 0.6 is 15.9 Å². The summed E-state index contributed by atoms with van der Waals surface area (Å²) in [6, 6.07) is 5.33. The van der Waals surface area contributed by atoms with Crippen molar-refractivity contribution in [2.75, 3.05) is 0 Å². The molecule has 0 unspecified atom stereocenters. The lowest BCUT2D eigenvalue weighted by Gasteiger charge is -2.05. The molecule has 6 heteroatoms. The van der Waals surface area contributed by atoms with Gasteiger partial charge in [0, 0.05) is 24.7 Å². The topological polar surface area (TPSA) is 52.0 Å². The van der Waals surface area contributed by atoms with Gasteiger partial charge in [-0.15, -0.1) is 0 Å². The highest BCUT2D eigenvalue weighted by Gasteiger charge is 2.07. The van der Waals surface area contributed by atoms with Crippen LogP contribution in [0.25, 0.3) is 0 Å². The lowest BCUT2D eigenvalue weighted by molar-refractivity contribution is 0.0976. The first-order valence-electron chi connectivity index (χ1n) is 5.56. The maximum absolute atomic E-state index is 12.7. The quantitative estimate of drug-likeness (QED) is 0.811. The first kappa shape index (κ1) is 13.6. The van der Waals surface area contributed by atoms with Crippen LogP contribution in [0.2, 0.25) is 0 Å². The number of hydrogen-bond acceptors (Lipinski definition) is 3. The molecule has 2 rings (SSSR count).